The van der Waals surface area contributed by atoms with Crippen molar-refractivity contribution in [3.05, 3.63) is 41.2 Å². The number of amides is 1. The Balaban J connectivity index is 1.76. The Bertz CT molecular complexity index is 1090. The van der Waals surface area contributed by atoms with Gasteiger partial charge in [0.25, 0.3) is 0 Å². The van der Waals surface area contributed by atoms with Crippen LogP contribution in [0.25, 0.3) is 11.2 Å². The summed E-state index contributed by atoms with van der Waals surface area (Å²) in [6.45, 7) is 9.82. The highest BCUT2D eigenvalue weighted by Crippen LogP contribution is 2.30. The van der Waals surface area contributed by atoms with E-state index in [-0.39, 0.29) is 17.4 Å². The van der Waals surface area contributed by atoms with Gasteiger partial charge in [0.05, 0.1) is 23.6 Å². The van der Waals surface area contributed by atoms with Gasteiger partial charge in [-0.2, -0.15) is 0 Å². The van der Waals surface area contributed by atoms with E-state index < -0.39 is 0 Å². The third kappa shape index (κ3) is 4.09. The minimum Gasteiger partial charge on any atom is -0.353 e. The van der Waals surface area contributed by atoms with Crippen molar-refractivity contribution in [2.24, 2.45) is 0 Å². The van der Waals surface area contributed by atoms with E-state index in [1.807, 2.05) is 16.7 Å². The van der Waals surface area contributed by atoms with Crippen LogP contribution in [0.1, 0.15) is 45.6 Å². The molecule has 9 heteroatoms. The Hall–Kier alpha value is -2.74. The maximum Gasteiger partial charge on any atom is 0.217 e. The first-order chi connectivity index (χ1) is 14.2. The first-order valence-electron chi connectivity index (χ1n) is 10.1. The van der Waals surface area contributed by atoms with Crippen LogP contribution in [0, 0.1) is 0 Å². The smallest absolute Gasteiger partial charge is 0.217 e. The Morgan fingerprint density at radius 2 is 2.10 bits per heavy atom. The van der Waals surface area contributed by atoms with Gasteiger partial charge in [-0.1, -0.05) is 32.4 Å². The standard InChI is InChI=1S/C21H26ClN7O/c1-13(30)25-14-7-9-28(10-14)18-17-19(27-20(26-18)21(2,3)4)29(12-24-17)11-16-15(22)6-5-8-23-16/h5-6,8,12,14H,7,9-11H2,1-4H3,(H,25,30). The van der Waals surface area contributed by atoms with Crippen molar-refractivity contribution in [1.82, 2.24) is 29.8 Å². The van der Waals surface area contributed by atoms with Crippen LogP contribution in [0.3, 0.4) is 0 Å². The number of carbonyl (C=O) groups excluding carboxylic acids is 1. The van der Waals surface area contributed by atoms with Crippen LogP contribution in [-0.2, 0) is 16.8 Å². The number of rotatable bonds is 4. The summed E-state index contributed by atoms with van der Waals surface area (Å²) >= 11 is 6.32. The molecule has 1 fully saturated rings. The fraction of sp³-hybridized carbons (Fsp3) is 0.476. The lowest BCUT2D eigenvalue weighted by Gasteiger charge is -2.22. The summed E-state index contributed by atoms with van der Waals surface area (Å²) in [4.78, 5) is 32.4. The van der Waals surface area contributed by atoms with E-state index in [0.29, 0.717) is 18.1 Å². The monoisotopic (exact) mass is 427 g/mol. The van der Waals surface area contributed by atoms with Gasteiger partial charge in [0.2, 0.25) is 5.91 Å². The molecule has 8 nitrogen and oxygen atoms in total. The lowest BCUT2D eigenvalue weighted by Crippen LogP contribution is -2.36. The molecule has 3 aromatic rings. The predicted molar refractivity (Wildman–Crippen MR) is 117 cm³/mol. The molecule has 158 valence electrons. The number of fused-ring (bicyclic) bond motifs is 1. The summed E-state index contributed by atoms with van der Waals surface area (Å²) in [7, 11) is 0. The van der Waals surface area contributed by atoms with Gasteiger partial charge in [-0.15, -0.1) is 0 Å². The number of hydrogen-bond donors (Lipinski definition) is 1. The summed E-state index contributed by atoms with van der Waals surface area (Å²) in [6.07, 6.45) is 4.37. The van der Waals surface area contributed by atoms with Crippen LogP contribution in [-0.4, -0.2) is 49.5 Å². The van der Waals surface area contributed by atoms with Crippen LogP contribution in [0.2, 0.25) is 5.02 Å². The topological polar surface area (TPSA) is 88.8 Å². The van der Waals surface area contributed by atoms with Crippen LogP contribution >= 0.6 is 11.6 Å². The third-order valence-corrected chi connectivity index (χ3v) is 5.51. The second-order valence-electron chi connectivity index (χ2n) is 8.73. The van der Waals surface area contributed by atoms with Gasteiger partial charge in [-0.05, 0) is 18.6 Å². The minimum absolute atomic E-state index is 0.0124. The predicted octanol–water partition coefficient (Wildman–Crippen LogP) is 2.94. The molecular weight excluding hydrogens is 402 g/mol. The van der Waals surface area contributed by atoms with Gasteiger partial charge in [0, 0.05) is 37.7 Å². The van der Waals surface area contributed by atoms with Crippen LogP contribution in [0.5, 0.6) is 0 Å². The van der Waals surface area contributed by atoms with E-state index in [2.05, 4.69) is 41.0 Å². The molecule has 0 spiro atoms. The Morgan fingerprint density at radius 3 is 2.80 bits per heavy atom. The van der Waals surface area contributed by atoms with Crippen molar-refractivity contribution in [3.63, 3.8) is 0 Å². The maximum atomic E-state index is 11.5. The van der Waals surface area contributed by atoms with E-state index in [1.54, 1.807) is 19.4 Å². The zero-order valence-electron chi connectivity index (χ0n) is 17.7. The fourth-order valence-electron chi connectivity index (χ4n) is 3.65. The molecule has 3 aromatic heterocycles. The molecule has 1 amide bonds. The van der Waals surface area contributed by atoms with E-state index in [0.717, 1.165) is 41.5 Å². The normalized spacial score (nSPS) is 17.0. The Labute approximate surface area is 180 Å². The lowest BCUT2D eigenvalue weighted by molar-refractivity contribution is -0.119. The largest absolute Gasteiger partial charge is 0.353 e. The average Bonchev–Trinajstić information content (AvgIpc) is 3.29. The van der Waals surface area contributed by atoms with Crippen molar-refractivity contribution in [1.29, 1.82) is 0 Å². The number of aromatic nitrogens is 5. The summed E-state index contributed by atoms with van der Waals surface area (Å²) in [6, 6.07) is 3.76. The van der Waals surface area contributed by atoms with E-state index in [4.69, 9.17) is 21.6 Å². The fourth-order valence-corrected chi connectivity index (χ4v) is 3.84. The number of pyridine rings is 1. The van der Waals surface area contributed by atoms with Gasteiger partial charge in [0.1, 0.15) is 5.82 Å². The van der Waals surface area contributed by atoms with Crippen molar-refractivity contribution in [2.45, 2.75) is 52.1 Å². The average molecular weight is 428 g/mol. The van der Waals surface area contributed by atoms with Crippen LogP contribution in [0.4, 0.5) is 5.82 Å². The Morgan fingerprint density at radius 1 is 1.30 bits per heavy atom. The summed E-state index contributed by atoms with van der Waals surface area (Å²) < 4.78 is 1.96. The molecule has 1 aliphatic heterocycles. The Kier molecular flexibility index (Phi) is 5.36. The molecule has 1 unspecified atom stereocenters. The molecule has 1 saturated heterocycles. The van der Waals surface area contributed by atoms with Crippen molar-refractivity contribution in [3.8, 4) is 0 Å². The van der Waals surface area contributed by atoms with E-state index in [9.17, 15) is 4.79 Å². The molecule has 4 rings (SSSR count). The van der Waals surface area contributed by atoms with Gasteiger partial charge >= 0.3 is 0 Å². The summed E-state index contributed by atoms with van der Waals surface area (Å²) in [5, 5.41) is 3.62. The van der Waals surface area contributed by atoms with Gasteiger partial charge < -0.3 is 14.8 Å². The lowest BCUT2D eigenvalue weighted by atomic mass is 9.96. The molecule has 0 saturated carbocycles. The first-order valence-corrected chi connectivity index (χ1v) is 10.4. The first kappa shape index (κ1) is 20.5. The molecule has 0 radical (unpaired) electrons. The molecule has 1 atom stereocenters. The number of hydrogen-bond acceptors (Lipinski definition) is 6. The number of anilines is 1. The highest BCUT2D eigenvalue weighted by molar-refractivity contribution is 6.31. The second kappa shape index (κ2) is 7.83. The van der Waals surface area contributed by atoms with Gasteiger partial charge in [-0.3, -0.25) is 9.78 Å². The number of imidazole rings is 1. The number of carbonyl (C=O) groups is 1. The maximum absolute atomic E-state index is 11.5. The van der Waals surface area contributed by atoms with Crippen molar-refractivity contribution < 1.29 is 4.79 Å². The molecule has 30 heavy (non-hydrogen) atoms. The zero-order chi connectivity index (χ0) is 21.5. The SMILES string of the molecule is CC(=O)NC1CCN(c2nc(C(C)(C)C)nc3c2ncn3Cc2ncccc2Cl)C1. The van der Waals surface area contributed by atoms with E-state index >= 15 is 0 Å². The molecule has 0 aliphatic carbocycles. The van der Waals surface area contributed by atoms with Gasteiger partial charge in [-0.25, -0.2) is 15.0 Å². The summed E-state index contributed by atoms with van der Waals surface area (Å²) in [5.41, 5.74) is 2.05. The molecule has 1 aliphatic rings. The van der Waals surface area contributed by atoms with Crippen molar-refractivity contribution >= 4 is 34.5 Å². The van der Waals surface area contributed by atoms with Crippen LogP contribution < -0.4 is 10.2 Å². The van der Waals surface area contributed by atoms with E-state index in [1.165, 1.54) is 0 Å². The highest BCUT2D eigenvalue weighted by atomic mass is 35.5. The molecular formula is C21H26ClN7O. The third-order valence-electron chi connectivity index (χ3n) is 5.17. The number of nitrogens with one attached hydrogen (secondary N) is 1. The van der Waals surface area contributed by atoms with Crippen LogP contribution in [0.15, 0.2) is 24.7 Å². The highest BCUT2D eigenvalue weighted by Gasteiger charge is 2.29. The molecule has 0 aromatic carbocycles. The van der Waals surface area contributed by atoms with Crippen molar-refractivity contribution in [2.75, 3.05) is 18.0 Å². The summed E-state index contributed by atoms with van der Waals surface area (Å²) in [5.74, 6) is 1.55. The zero-order valence-corrected chi connectivity index (χ0v) is 18.4. The quantitative estimate of drug-likeness (QED) is 0.688. The number of halogens is 1. The number of nitrogens with zero attached hydrogens (tertiary/aromatic N) is 6. The minimum atomic E-state index is -0.225. The second-order valence-corrected chi connectivity index (χ2v) is 9.14. The van der Waals surface area contributed by atoms with Gasteiger partial charge in [0.15, 0.2) is 17.0 Å². The molecule has 1 N–H and O–H groups in total. The molecule has 4 heterocycles. The molecule has 0 bridgehead atoms.